The topological polar surface area (TPSA) is 32.8 Å². The highest BCUT2D eigenvalue weighted by Gasteiger charge is 2.21. The van der Waals surface area contributed by atoms with Crippen molar-refractivity contribution in [2.24, 2.45) is 0 Å². The summed E-state index contributed by atoms with van der Waals surface area (Å²) in [6, 6.07) is 15.1. The van der Waals surface area contributed by atoms with Crippen LogP contribution in [0.25, 0.3) is 0 Å². The molecule has 126 valence electrons. The summed E-state index contributed by atoms with van der Waals surface area (Å²) in [5, 5.41) is 0. The number of halogens is 1. The number of rotatable bonds is 3. The molecule has 2 aromatic rings. The van der Waals surface area contributed by atoms with Gasteiger partial charge in [-0.2, -0.15) is 0 Å². The van der Waals surface area contributed by atoms with Crippen molar-refractivity contribution < 1.29 is 9.53 Å². The molecule has 1 amide bonds. The van der Waals surface area contributed by atoms with E-state index >= 15 is 0 Å². The standard InChI is InChI=1S/C19H21BrN2O2/c1-21-10-5-11-22(13-12-21)19(23)17-8-2-3-9-18(17)24-16-7-4-6-15(20)14-16/h2-4,6-9,14H,5,10-13H2,1H3. The maximum Gasteiger partial charge on any atom is 0.257 e. The average molecular weight is 389 g/mol. The van der Waals surface area contributed by atoms with Crippen molar-refractivity contribution in [3.63, 3.8) is 0 Å². The SMILES string of the molecule is CN1CCCN(C(=O)c2ccccc2Oc2cccc(Br)c2)CC1. The van der Waals surface area contributed by atoms with E-state index in [1.807, 2.05) is 53.4 Å². The lowest BCUT2D eigenvalue weighted by Crippen LogP contribution is -2.34. The minimum Gasteiger partial charge on any atom is -0.456 e. The fraction of sp³-hybridized carbons (Fsp3) is 0.316. The summed E-state index contributed by atoms with van der Waals surface area (Å²) in [6.45, 7) is 3.47. The van der Waals surface area contributed by atoms with E-state index in [-0.39, 0.29) is 5.91 Å². The third-order valence-corrected chi connectivity index (χ3v) is 4.64. The van der Waals surface area contributed by atoms with Crippen molar-refractivity contribution in [2.75, 3.05) is 33.2 Å². The lowest BCUT2D eigenvalue weighted by atomic mass is 10.1. The first-order valence-corrected chi connectivity index (χ1v) is 8.93. The van der Waals surface area contributed by atoms with Gasteiger partial charge >= 0.3 is 0 Å². The molecular formula is C19H21BrN2O2. The van der Waals surface area contributed by atoms with Crippen molar-refractivity contribution in [3.05, 3.63) is 58.6 Å². The normalized spacial score (nSPS) is 15.8. The Morgan fingerprint density at radius 1 is 1.04 bits per heavy atom. The summed E-state index contributed by atoms with van der Waals surface area (Å²) in [4.78, 5) is 17.1. The van der Waals surface area contributed by atoms with Gasteiger partial charge in [-0.15, -0.1) is 0 Å². The van der Waals surface area contributed by atoms with E-state index in [1.165, 1.54) is 0 Å². The number of hydrogen-bond acceptors (Lipinski definition) is 3. The van der Waals surface area contributed by atoms with Crippen molar-refractivity contribution in [3.8, 4) is 11.5 Å². The van der Waals surface area contributed by atoms with E-state index in [9.17, 15) is 4.79 Å². The highest BCUT2D eigenvalue weighted by atomic mass is 79.9. The molecule has 24 heavy (non-hydrogen) atoms. The molecule has 0 saturated carbocycles. The Kier molecular flexibility index (Phi) is 5.53. The zero-order valence-corrected chi connectivity index (χ0v) is 15.3. The van der Waals surface area contributed by atoms with Gasteiger partial charge in [0, 0.05) is 24.1 Å². The molecule has 1 aliphatic rings. The highest BCUT2D eigenvalue weighted by Crippen LogP contribution is 2.28. The first kappa shape index (κ1) is 17.0. The zero-order valence-electron chi connectivity index (χ0n) is 13.7. The van der Waals surface area contributed by atoms with Crippen LogP contribution in [0.2, 0.25) is 0 Å². The van der Waals surface area contributed by atoms with Crippen LogP contribution in [-0.2, 0) is 0 Å². The van der Waals surface area contributed by atoms with E-state index in [0.29, 0.717) is 17.1 Å². The van der Waals surface area contributed by atoms with Crippen LogP contribution in [0.4, 0.5) is 0 Å². The van der Waals surface area contributed by atoms with Crippen LogP contribution in [0.15, 0.2) is 53.0 Å². The van der Waals surface area contributed by atoms with Crippen molar-refractivity contribution in [1.82, 2.24) is 9.80 Å². The van der Waals surface area contributed by atoms with E-state index in [2.05, 4.69) is 27.9 Å². The maximum atomic E-state index is 13.0. The van der Waals surface area contributed by atoms with Crippen LogP contribution in [0, 0.1) is 0 Å². The Morgan fingerprint density at radius 3 is 2.71 bits per heavy atom. The number of carbonyl (C=O) groups is 1. The summed E-state index contributed by atoms with van der Waals surface area (Å²) in [7, 11) is 2.10. The Morgan fingerprint density at radius 2 is 1.88 bits per heavy atom. The van der Waals surface area contributed by atoms with Gasteiger partial charge in [0.15, 0.2) is 0 Å². The molecule has 0 N–H and O–H groups in total. The smallest absolute Gasteiger partial charge is 0.257 e. The number of carbonyl (C=O) groups excluding carboxylic acids is 1. The molecule has 1 aliphatic heterocycles. The van der Waals surface area contributed by atoms with Gasteiger partial charge in [0.1, 0.15) is 11.5 Å². The van der Waals surface area contributed by atoms with Gasteiger partial charge in [0.2, 0.25) is 0 Å². The number of benzene rings is 2. The Balaban J connectivity index is 1.81. The second-order valence-corrected chi connectivity index (χ2v) is 6.92. The molecule has 1 heterocycles. The van der Waals surface area contributed by atoms with E-state index in [4.69, 9.17) is 4.74 Å². The minimum absolute atomic E-state index is 0.0379. The van der Waals surface area contributed by atoms with Crippen LogP contribution in [0.3, 0.4) is 0 Å². The average Bonchev–Trinajstić information content (AvgIpc) is 2.79. The van der Waals surface area contributed by atoms with Gasteiger partial charge in [-0.1, -0.05) is 34.1 Å². The third kappa shape index (κ3) is 4.16. The summed E-state index contributed by atoms with van der Waals surface area (Å²) in [5.41, 5.74) is 0.613. The van der Waals surface area contributed by atoms with Gasteiger partial charge in [0.05, 0.1) is 5.56 Å². The lowest BCUT2D eigenvalue weighted by Gasteiger charge is -2.22. The number of likely N-dealkylation sites (N-methyl/N-ethyl adjacent to an activating group) is 1. The summed E-state index contributed by atoms with van der Waals surface area (Å²) in [5.74, 6) is 1.34. The zero-order chi connectivity index (χ0) is 16.9. The van der Waals surface area contributed by atoms with Crippen molar-refractivity contribution in [1.29, 1.82) is 0 Å². The molecule has 0 atom stereocenters. The molecule has 4 nitrogen and oxygen atoms in total. The molecule has 1 saturated heterocycles. The number of ether oxygens (including phenoxy) is 1. The predicted molar refractivity (Wildman–Crippen MR) is 98.7 cm³/mol. The fourth-order valence-corrected chi connectivity index (χ4v) is 3.19. The largest absolute Gasteiger partial charge is 0.456 e. The fourth-order valence-electron chi connectivity index (χ4n) is 2.81. The maximum absolute atomic E-state index is 13.0. The van der Waals surface area contributed by atoms with E-state index in [0.717, 1.165) is 37.1 Å². The molecule has 0 spiro atoms. The second-order valence-electron chi connectivity index (χ2n) is 6.00. The monoisotopic (exact) mass is 388 g/mol. The molecule has 0 bridgehead atoms. The van der Waals surface area contributed by atoms with Crippen LogP contribution < -0.4 is 4.74 Å². The molecule has 0 unspecified atom stereocenters. The molecule has 1 fully saturated rings. The second kappa shape index (κ2) is 7.81. The molecule has 0 aliphatic carbocycles. The lowest BCUT2D eigenvalue weighted by molar-refractivity contribution is 0.0760. The van der Waals surface area contributed by atoms with Crippen molar-refractivity contribution >= 4 is 21.8 Å². The third-order valence-electron chi connectivity index (χ3n) is 4.15. The van der Waals surface area contributed by atoms with Gasteiger partial charge in [0.25, 0.3) is 5.91 Å². The summed E-state index contributed by atoms with van der Waals surface area (Å²) < 4.78 is 6.91. The quantitative estimate of drug-likeness (QED) is 0.795. The number of para-hydroxylation sites is 1. The van der Waals surface area contributed by atoms with Crippen LogP contribution in [0.5, 0.6) is 11.5 Å². The minimum atomic E-state index is 0.0379. The Bertz CT molecular complexity index is 720. The molecule has 2 aromatic carbocycles. The molecule has 3 rings (SSSR count). The first-order valence-electron chi connectivity index (χ1n) is 8.14. The Labute approximate surface area is 151 Å². The van der Waals surface area contributed by atoms with Crippen molar-refractivity contribution in [2.45, 2.75) is 6.42 Å². The number of amides is 1. The van der Waals surface area contributed by atoms with Crippen LogP contribution in [0.1, 0.15) is 16.8 Å². The summed E-state index contributed by atoms with van der Waals surface area (Å²) in [6.07, 6.45) is 0.997. The summed E-state index contributed by atoms with van der Waals surface area (Å²) >= 11 is 3.44. The molecular weight excluding hydrogens is 368 g/mol. The molecule has 0 radical (unpaired) electrons. The Hall–Kier alpha value is -1.85. The first-order chi connectivity index (χ1) is 11.6. The van der Waals surface area contributed by atoms with Gasteiger partial charge in [-0.25, -0.2) is 0 Å². The van der Waals surface area contributed by atoms with E-state index in [1.54, 1.807) is 0 Å². The van der Waals surface area contributed by atoms with Gasteiger partial charge in [-0.05, 0) is 50.3 Å². The predicted octanol–water partition coefficient (Wildman–Crippen LogP) is 4.02. The van der Waals surface area contributed by atoms with Gasteiger partial charge < -0.3 is 14.5 Å². The number of hydrogen-bond donors (Lipinski definition) is 0. The molecule has 0 aromatic heterocycles. The molecule has 5 heteroatoms. The van der Waals surface area contributed by atoms with Crippen LogP contribution in [-0.4, -0.2) is 48.9 Å². The highest BCUT2D eigenvalue weighted by molar-refractivity contribution is 9.10. The van der Waals surface area contributed by atoms with Crippen LogP contribution >= 0.6 is 15.9 Å². The number of nitrogens with zero attached hydrogens (tertiary/aromatic N) is 2. The van der Waals surface area contributed by atoms with Gasteiger partial charge in [-0.3, -0.25) is 4.79 Å². The van der Waals surface area contributed by atoms with E-state index < -0.39 is 0 Å².